The number of hydrogen-bond acceptors (Lipinski definition) is 3. The summed E-state index contributed by atoms with van der Waals surface area (Å²) in [6, 6.07) is 10.2. The highest BCUT2D eigenvalue weighted by molar-refractivity contribution is 7.12. The first-order valence-electron chi connectivity index (χ1n) is 5.44. The van der Waals surface area contributed by atoms with Crippen molar-refractivity contribution in [1.82, 2.24) is 0 Å². The largest absolute Gasteiger partial charge is 0.485 e. The van der Waals surface area contributed by atoms with Crippen LogP contribution in [0.3, 0.4) is 0 Å². The molecule has 0 bridgehead atoms. The van der Waals surface area contributed by atoms with Gasteiger partial charge in [0.2, 0.25) is 0 Å². The smallest absolute Gasteiger partial charge is 0.165 e. The highest BCUT2D eigenvalue weighted by atomic mass is 32.1. The zero-order valence-electron chi connectivity index (χ0n) is 9.65. The van der Waals surface area contributed by atoms with Crippen LogP contribution < -0.4 is 10.5 Å². The van der Waals surface area contributed by atoms with Gasteiger partial charge in [0.15, 0.2) is 11.6 Å². The number of ether oxygens (including phenoxy) is 1. The van der Waals surface area contributed by atoms with Crippen LogP contribution >= 0.6 is 11.3 Å². The maximum absolute atomic E-state index is 13.3. The van der Waals surface area contributed by atoms with Crippen LogP contribution in [0.4, 0.5) is 4.39 Å². The number of hydrogen-bond donors (Lipinski definition) is 1. The van der Waals surface area contributed by atoms with Gasteiger partial charge >= 0.3 is 0 Å². The van der Waals surface area contributed by atoms with E-state index in [4.69, 9.17) is 10.5 Å². The second-order valence-electron chi connectivity index (χ2n) is 3.49. The van der Waals surface area contributed by atoms with E-state index >= 15 is 0 Å². The lowest BCUT2D eigenvalue weighted by Gasteiger charge is -2.04. The predicted octanol–water partition coefficient (Wildman–Crippen LogP) is 2.78. The van der Waals surface area contributed by atoms with Gasteiger partial charge in [0.1, 0.15) is 6.61 Å². The Bertz CT molecular complexity index is 583. The number of para-hydroxylation sites is 1. The number of halogens is 1. The Hall–Kier alpha value is -1.83. The Kier molecular flexibility index (Phi) is 4.35. The van der Waals surface area contributed by atoms with Crippen molar-refractivity contribution in [3.05, 3.63) is 52.0 Å². The van der Waals surface area contributed by atoms with Crippen LogP contribution in [0.5, 0.6) is 5.75 Å². The van der Waals surface area contributed by atoms with Crippen molar-refractivity contribution in [2.24, 2.45) is 5.73 Å². The molecule has 2 nitrogen and oxygen atoms in total. The number of thiophene rings is 1. The van der Waals surface area contributed by atoms with Crippen molar-refractivity contribution in [3.63, 3.8) is 0 Å². The topological polar surface area (TPSA) is 35.2 Å². The third-order valence-electron chi connectivity index (χ3n) is 2.18. The summed E-state index contributed by atoms with van der Waals surface area (Å²) in [5, 5.41) is 0. The molecule has 18 heavy (non-hydrogen) atoms. The van der Waals surface area contributed by atoms with E-state index in [1.54, 1.807) is 18.2 Å². The van der Waals surface area contributed by atoms with Crippen molar-refractivity contribution in [2.45, 2.75) is 6.61 Å². The van der Waals surface area contributed by atoms with Crippen LogP contribution in [0.15, 0.2) is 36.4 Å². The normalized spacial score (nSPS) is 9.67. The maximum Gasteiger partial charge on any atom is 0.165 e. The second kappa shape index (κ2) is 6.20. The Labute approximate surface area is 109 Å². The van der Waals surface area contributed by atoms with Gasteiger partial charge in [-0.25, -0.2) is 4.39 Å². The van der Waals surface area contributed by atoms with E-state index in [1.807, 2.05) is 12.1 Å². The summed E-state index contributed by atoms with van der Waals surface area (Å²) in [6.07, 6.45) is 0. The van der Waals surface area contributed by atoms with Crippen molar-refractivity contribution >= 4 is 11.3 Å². The standard InChI is InChI=1S/C14H12FNOS/c15-13-5-1-2-6-14(13)17-10-12-8-7-11(18-12)4-3-9-16/h1-2,5-8H,9-10,16H2. The molecule has 0 saturated carbocycles. The van der Waals surface area contributed by atoms with Crippen LogP contribution in [0.1, 0.15) is 9.75 Å². The third kappa shape index (κ3) is 3.33. The van der Waals surface area contributed by atoms with Crippen LogP contribution in [0.25, 0.3) is 0 Å². The van der Waals surface area contributed by atoms with Gasteiger partial charge in [-0.05, 0) is 24.3 Å². The van der Waals surface area contributed by atoms with Crippen LogP contribution in [-0.2, 0) is 6.61 Å². The molecule has 0 aliphatic rings. The molecule has 0 aliphatic carbocycles. The van der Waals surface area contributed by atoms with E-state index in [9.17, 15) is 4.39 Å². The fourth-order valence-electron chi connectivity index (χ4n) is 1.37. The van der Waals surface area contributed by atoms with Crippen LogP contribution in [0.2, 0.25) is 0 Å². The quantitative estimate of drug-likeness (QED) is 0.862. The van der Waals surface area contributed by atoms with Gasteiger partial charge in [0.25, 0.3) is 0 Å². The van der Waals surface area contributed by atoms with Crippen molar-refractivity contribution in [3.8, 4) is 17.6 Å². The molecular weight excluding hydrogens is 249 g/mol. The van der Waals surface area contributed by atoms with E-state index in [1.165, 1.54) is 17.4 Å². The summed E-state index contributed by atoms with van der Waals surface area (Å²) in [5.74, 6) is 5.65. The molecule has 0 saturated heterocycles. The minimum Gasteiger partial charge on any atom is -0.485 e. The van der Waals surface area contributed by atoms with Gasteiger partial charge in [-0.3, -0.25) is 0 Å². The predicted molar refractivity (Wildman–Crippen MR) is 71.0 cm³/mol. The van der Waals surface area contributed by atoms with Crippen molar-refractivity contribution in [1.29, 1.82) is 0 Å². The van der Waals surface area contributed by atoms with Crippen LogP contribution in [-0.4, -0.2) is 6.54 Å². The Morgan fingerprint density at radius 2 is 2.06 bits per heavy atom. The fraction of sp³-hybridized carbons (Fsp3) is 0.143. The van der Waals surface area contributed by atoms with E-state index in [2.05, 4.69) is 11.8 Å². The first-order valence-corrected chi connectivity index (χ1v) is 6.26. The van der Waals surface area contributed by atoms with Gasteiger partial charge in [-0.15, -0.1) is 11.3 Å². The third-order valence-corrected chi connectivity index (χ3v) is 3.16. The van der Waals surface area contributed by atoms with Crippen molar-refractivity contribution < 1.29 is 9.13 Å². The summed E-state index contributed by atoms with van der Waals surface area (Å²) in [6.45, 7) is 0.689. The first kappa shape index (κ1) is 12.6. The molecule has 2 aromatic rings. The van der Waals surface area contributed by atoms with Gasteiger partial charge in [0, 0.05) is 4.88 Å². The zero-order valence-corrected chi connectivity index (χ0v) is 10.5. The number of benzene rings is 1. The Morgan fingerprint density at radius 3 is 2.83 bits per heavy atom. The average Bonchev–Trinajstić information content (AvgIpc) is 2.83. The molecule has 0 aliphatic heterocycles. The molecule has 0 unspecified atom stereocenters. The first-order chi connectivity index (χ1) is 8.79. The lowest BCUT2D eigenvalue weighted by Crippen LogP contribution is -1.94. The summed E-state index contributed by atoms with van der Waals surface area (Å²) < 4.78 is 18.7. The molecule has 4 heteroatoms. The van der Waals surface area contributed by atoms with Gasteiger partial charge in [-0.1, -0.05) is 24.0 Å². The van der Waals surface area contributed by atoms with Crippen molar-refractivity contribution in [2.75, 3.05) is 6.54 Å². The second-order valence-corrected chi connectivity index (χ2v) is 4.66. The number of nitrogens with two attached hydrogens (primary N) is 1. The highest BCUT2D eigenvalue weighted by Gasteiger charge is 2.03. The molecule has 0 radical (unpaired) electrons. The molecule has 0 spiro atoms. The SMILES string of the molecule is NCC#Cc1ccc(COc2ccccc2F)s1. The van der Waals surface area contributed by atoms with E-state index in [-0.39, 0.29) is 11.6 Å². The van der Waals surface area contributed by atoms with E-state index < -0.39 is 0 Å². The molecule has 0 atom stereocenters. The average molecular weight is 261 g/mol. The van der Waals surface area contributed by atoms with Gasteiger partial charge < -0.3 is 10.5 Å². The molecule has 0 amide bonds. The van der Waals surface area contributed by atoms with Crippen LogP contribution in [0, 0.1) is 17.7 Å². The fourth-order valence-corrected chi connectivity index (χ4v) is 2.17. The molecule has 1 heterocycles. The summed E-state index contributed by atoms with van der Waals surface area (Å²) in [7, 11) is 0. The molecule has 2 N–H and O–H groups in total. The Balaban J connectivity index is 1.98. The molecule has 0 fully saturated rings. The maximum atomic E-state index is 13.3. The molecule has 1 aromatic carbocycles. The van der Waals surface area contributed by atoms with E-state index in [0.717, 1.165) is 9.75 Å². The molecule has 1 aromatic heterocycles. The summed E-state index contributed by atoms with van der Waals surface area (Å²) in [4.78, 5) is 1.94. The minimum absolute atomic E-state index is 0.264. The molecule has 92 valence electrons. The van der Waals surface area contributed by atoms with Gasteiger partial charge in [-0.2, -0.15) is 0 Å². The zero-order chi connectivity index (χ0) is 12.8. The summed E-state index contributed by atoms with van der Waals surface area (Å²) in [5.41, 5.74) is 5.30. The number of rotatable bonds is 3. The molecular formula is C14H12FNOS. The Morgan fingerprint density at radius 1 is 1.22 bits per heavy atom. The lowest BCUT2D eigenvalue weighted by atomic mass is 10.3. The summed E-state index contributed by atoms with van der Waals surface area (Å²) >= 11 is 1.52. The van der Waals surface area contributed by atoms with Gasteiger partial charge in [0.05, 0.1) is 11.4 Å². The highest BCUT2D eigenvalue weighted by Crippen LogP contribution is 2.20. The van der Waals surface area contributed by atoms with E-state index in [0.29, 0.717) is 13.2 Å². The minimum atomic E-state index is -0.350. The lowest BCUT2D eigenvalue weighted by molar-refractivity contribution is 0.293. The monoisotopic (exact) mass is 261 g/mol. The molecule has 2 rings (SSSR count).